The van der Waals surface area contributed by atoms with Crippen LogP contribution in [0.5, 0.6) is 0 Å². The third-order valence-corrected chi connectivity index (χ3v) is 7.18. The highest BCUT2D eigenvalue weighted by Gasteiger charge is 2.17. The first-order valence-corrected chi connectivity index (χ1v) is 13.2. The summed E-state index contributed by atoms with van der Waals surface area (Å²) in [5.74, 6) is -0.231. The summed E-state index contributed by atoms with van der Waals surface area (Å²) in [6.45, 7) is 3.05. The summed E-state index contributed by atoms with van der Waals surface area (Å²) in [5, 5.41) is 20.0. The molecule has 0 bridgehead atoms. The van der Waals surface area contributed by atoms with Gasteiger partial charge in [0.1, 0.15) is 0 Å². The van der Waals surface area contributed by atoms with Gasteiger partial charge in [-0.05, 0) is 91.3 Å². The van der Waals surface area contributed by atoms with Gasteiger partial charge in [-0.3, -0.25) is 9.59 Å². The Morgan fingerprint density at radius 1 is 0.615 bits per heavy atom. The molecule has 0 aliphatic heterocycles. The number of carbonyl (C=O) groups is 2. The van der Waals surface area contributed by atoms with Gasteiger partial charge >= 0.3 is 0 Å². The Bertz CT molecular complexity index is 1650. The minimum atomic E-state index is -0.116. The molecule has 0 aliphatic rings. The van der Waals surface area contributed by atoms with E-state index in [1.807, 2.05) is 36.4 Å². The molecule has 1 aromatic heterocycles. The van der Waals surface area contributed by atoms with Crippen LogP contribution in [0.25, 0.3) is 21.8 Å². The second kappa shape index (κ2) is 11.2. The van der Waals surface area contributed by atoms with Crippen LogP contribution in [0.15, 0.2) is 84.9 Å². The Kier molecular flexibility index (Phi) is 7.34. The van der Waals surface area contributed by atoms with E-state index >= 15 is 0 Å². The van der Waals surface area contributed by atoms with Gasteiger partial charge in [0, 0.05) is 50.6 Å². The molecule has 0 saturated carbocycles. The van der Waals surface area contributed by atoms with Crippen molar-refractivity contribution in [2.24, 2.45) is 0 Å². The largest absolute Gasteiger partial charge is 0.340 e. The molecule has 0 saturated heterocycles. The van der Waals surface area contributed by atoms with Crippen LogP contribution in [0, 0.1) is 22.7 Å². The van der Waals surface area contributed by atoms with Crippen molar-refractivity contribution in [3.05, 3.63) is 118 Å². The third-order valence-electron chi connectivity index (χ3n) is 7.18. The highest BCUT2D eigenvalue weighted by atomic mass is 16.1. The van der Waals surface area contributed by atoms with Crippen molar-refractivity contribution < 1.29 is 9.59 Å². The van der Waals surface area contributed by atoms with E-state index in [9.17, 15) is 9.59 Å². The normalized spacial score (nSPS) is 10.8. The minimum Gasteiger partial charge on any atom is -0.340 e. The standard InChI is InChI=1S/C34H27N3O2/c1-2-3-4-5-18-37-31-16-14-27(33(38)25-10-6-23(21-35)7-11-25)19-29(31)30-20-28(15-17-32(30)37)34(39)26-12-8-24(22-36)9-13-26/h6-17,19-20H,2-5,18H2,1H3. The molecule has 0 amide bonds. The topological polar surface area (TPSA) is 86.7 Å². The van der Waals surface area contributed by atoms with Crippen LogP contribution in [0.1, 0.15) is 75.6 Å². The molecule has 5 rings (SSSR count). The number of hydrogen-bond acceptors (Lipinski definition) is 4. The molecule has 0 unspecified atom stereocenters. The van der Waals surface area contributed by atoms with Crippen molar-refractivity contribution >= 4 is 33.4 Å². The summed E-state index contributed by atoms with van der Waals surface area (Å²) in [7, 11) is 0. The zero-order valence-electron chi connectivity index (χ0n) is 21.8. The molecule has 0 spiro atoms. The fourth-order valence-corrected chi connectivity index (χ4v) is 5.05. The quantitative estimate of drug-likeness (QED) is 0.151. The maximum atomic E-state index is 13.3. The molecule has 5 heteroatoms. The number of unbranched alkanes of at least 4 members (excludes halogenated alkanes) is 3. The summed E-state index contributed by atoms with van der Waals surface area (Å²) in [6.07, 6.45) is 4.53. The van der Waals surface area contributed by atoms with Crippen molar-refractivity contribution in [2.45, 2.75) is 39.2 Å². The molecule has 4 aromatic carbocycles. The number of nitriles is 2. The Morgan fingerprint density at radius 3 is 1.46 bits per heavy atom. The van der Waals surface area contributed by atoms with E-state index in [1.54, 1.807) is 48.5 Å². The summed E-state index contributed by atoms with van der Waals surface area (Å²) in [6, 6.07) is 29.0. The first-order chi connectivity index (χ1) is 19.0. The molecule has 0 radical (unpaired) electrons. The zero-order valence-corrected chi connectivity index (χ0v) is 21.8. The van der Waals surface area contributed by atoms with E-state index in [0.29, 0.717) is 33.4 Å². The number of hydrogen-bond donors (Lipinski definition) is 0. The predicted octanol–water partition coefficient (Wildman–Crippen LogP) is 7.58. The number of fused-ring (bicyclic) bond motifs is 3. The van der Waals surface area contributed by atoms with Gasteiger partial charge in [0.15, 0.2) is 11.6 Å². The van der Waals surface area contributed by atoms with Gasteiger partial charge in [-0.15, -0.1) is 0 Å². The van der Waals surface area contributed by atoms with Crippen molar-refractivity contribution in [1.29, 1.82) is 10.5 Å². The van der Waals surface area contributed by atoms with E-state index in [4.69, 9.17) is 10.5 Å². The molecular weight excluding hydrogens is 482 g/mol. The SMILES string of the molecule is CCCCCCn1c2ccc(C(=O)c3ccc(C#N)cc3)cc2c2cc(C(=O)c3ccc(C#N)cc3)ccc21. The maximum absolute atomic E-state index is 13.3. The molecule has 5 aromatic rings. The number of aromatic nitrogens is 1. The van der Waals surface area contributed by atoms with Crippen LogP contribution in [-0.4, -0.2) is 16.1 Å². The van der Waals surface area contributed by atoms with Crippen LogP contribution >= 0.6 is 0 Å². The van der Waals surface area contributed by atoms with Crippen molar-refractivity contribution in [1.82, 2.24) is 4.57 Å². The summed E-state index contributed by atoms with van der Waals surface area (Å²) < 4.78 is 2.28. The van der Waals surface area contributed by atoms with Crippen LogP contribution < -0.4 is 0 Å². The van der Waals surface area contributed by atoms with E-state index < -0.39 is 0 Å². The average Bonchev–Trinajstić information content (AvgIpc) is 3.30. The lowest BCUT2D eigenvalue weighted by Crippen LogP contribution is -2.02. The Labute approximate surface area is 227 Å². The summed E-state index contributed by atoms with van der Waals surface area (Å²) in [4.78, 5) is 26.6. The molecule has 0 N–H and O–H groups in total. The van der Waals surface area contributed by atoms with Crippen LogP contribution in [0.2, 0.25) is 0 Å². The Balaban J connectivity index is 1.60. The highest BCUT2D eigenvalue weighted by Crippen LogP contribution is 2.32. The first kappa shape index (κ1) is 25.6. The lowest BCUT2D eigenvalue weighted by atomic mass is 9.98. The maximum Gasteiger partial charge on any atom is 0.193 e. The van der Waals surface area contributed by atoms with E-state index in [-0.39, 0.29) is 11.6 Å². The molecule has 0 atom stereocenters. The summed E-state index contributed by atoms with van der Waals surface area (Å²) in [5.41, 5.74) is 5.23. The Hall–Kier alpha value is -5.00. The molecule has 0 fully saturated rings. The smallest absolute Gasteiger partial charge is 0.193 e. The minimum absolute atomic E-state index is 0.116. The first-order valence-electron chi connectivity index (χ1n) is 13.2. The number of benzene rings is 4. The van der Waals surface area contributed by atoms with E-state index in [2.05, 4.69) is 23.6 Å². The average molecular weight is 510 g/mol. The third kappa shape index (κ3) is 5.08. The van der Waals surface area contributed by atoms with Gasteiger partial charge in [-0.2, -0.15) is 10.5 Å². The highest BCUT2D eigenvalue weighted by molar-refractivity contribution is 6.17. The van der Waals surface area contributed by atoms with Gasteiger partial charge in [0.2, 0.25) is 0 Å². The van der Waals surface area contributed by atoms with Crippen molar-refractivity contribution in [3.8, 4) is 12.1 Å². The van der Waals surface area contributed by atoms with Gasteiger partial charge in [0.05, 0.1) is 23.3 Å². The van der Waals surface area contributed by atoms with E-state index in [1.165, 1.54) is 6.42 Å². The zero-order chi connectivity index (χ0) is 27.4. The van der Waals surface area contributed by atoms with E-state index in [0.717, 1.165) is 47.6 Å². The van der Waals surface area contributed by atoms with Crippen molar-refractivity contribution in [3.63, 3.8) is 0 Å². The second-order valence-electron chi connectivity index (χ2n) is 9.71. The number of rotatable bonds is 9. The fraction of sp³-hybridized carbons (Fsp3) is 0.176. The molecular formula is C34H27N3O2. The summed E-state index contributed by atoms with van der Waals surface area (Å²) >= 11 is 0. The number of carbonyl (C=O) groups excluding carboxylic acids is 2. The van der Waals surface area contributed by atoms with Crippen LogP contribution in [0.4, 0.5) is 0 Å². The molecule has 0 aliphatic carbocycles. The Morgan fingerprint density at radius 2 is 1.05 bits per heavy atom. The monoisotopic (exact) mass is 509 g/mol. The fourth-order valence-electron chi connectivity index (χ4n) is 5.05. The molecule has 190 valence electrons. The van der Waals surface area contributed by atoms with Gasteiger partial charge in [-0.1, -0.05) is 26.2 Å². The number of nitrogens with zero attached hydrogens (tertiary/aromatic N) is 3. The van der Waals surface area contributed by atoms with Gasteiger partial charge in [-0.25, -0.2) is 0 Å². The van der Waals surface area contributed by atoms with Gasteiger partial charge in [0.25, 0.3) is 0 Å². The molecule has 39 heavy (non-hydrogen) atoms. The lowest BCUT2D eigenvalue weighted by molar-refractivity contribution is 0.103. The van der Waals surface area contributed by atoms with Crippen molar-refractivity contribution in [2.75, 3.05) is 0 Å². The predicted molar refractivity (Wildman–Crippen MR) is 153 cm³/mol. The second-order valence-corrected chi connectivity index (χ2v) is 9.71. The number of ketones is 2. The lowest BCUT2D eigenvalue weighted by Gasteiger charge is -2.08. The number of aryl methyl sites for hydroxylation is 1. The molecule has 5 nitrogen and oxygen atoms in total. The van der Waals surface area contributed by atoms with Crippen LogP contribution in [0.3, 0.4) is 0 Å². The van der Waals surface area contributed by atoms with Crippen LogP contribution in [-0.2, 0) is 6.54 Å². The molecule has 1 heterocycles. The van der Waals surface area contributed by atoms with Gasteiger partial charge < -0.3 is 4.57 Å².